The number of carbonyl (C=O) groups is 2. The minimum Gasteiger partial charge on any atom is -0.508 e. The Morgan fingerprint density at radius 1 is 1.32 bits per heavy atom. The Balaban J connectivity index is 1.96. The van der Waals surface area contributed by atoms with Gasteiger partial charge in [0, 0.05) is 31.5 Å². The summed E-state index contributed by atoms with van der Waals surface area (Å²) in [5.41, 5.74) is 0.645. The average molecular weight is 261 g/mol. The summed E-state index contributed by atoms with van der Waals surface area (Å²) in [7, 11) is 1.78. The number of carbonyl (C=O) groups excluding carboxylic acids is 2. The highest BCUT2D eigenvalue weighted by Gasteiger charge is 2.25. The molecule has 1 aromatic carbocycles. The number of hydrogen-bond acceptors (Lipinski definition) is 3. The van der Waals surface area contributed by atoms with Gasteiger partial charge in [-0.2, -0.15) is 0 Å². The van der Waals surface area contributed by atoms with E-state index in [1.165, 1.54) is 0 Å². The molecule has 0 bridgehead atoms. The quantitative estimate of drug-likeness (QED) is 0.904. The van der Waals surface area contributed by atoms with Crippen LogP contribution in [0.15, 0.2) is 24.3 Å². The van der Waals surface area contributed by atoms with Crippen LogP contribution >= 0.6 is 0 Å². The smallest absolute Gasteiger partial charge is 0.227 e. The lowest BCUT2D eigenvalue weighted by atomic mass is 9.93. The van der Waals surface area contributed by atoms with Gasteiger partial charge in [0.2, 0.25) is 5.91 Å². The van der Waals surface area contributed by atoms with E-state index < -0.39 is 0 Å². The monoisotopic (exact) mass is 261 g/mol. The van der Waals surface area contributed by atoms with E-state index in [1.54, 1.807) is 30.1 Å². The number of likely N-dealkylation sites (N-methyl/N-ethyl adjacent to an activating group) is 1. The molecular weight excluding hydrogens is 242 g/mol. The van der Waals surface area contributed by atoms with Crippen molar-refractivity contribution < 1.29 is 14.7 Å². The molecule has 19 heavy (non-hydrogen) atoms. The molecule has 2 rings (SSSR count). The topological polar surface area (TPSA) is 57.6 Å². The normalized spacial score (nSPS) is 16.4. The molecule has 1 N–H and O–H groups in total. The zero-order chi connectivity index (χ0) is 13.8. The Morgan fingerprint density at radius 3 is 2.58 bits per heavy atom. The summed E-state index contributed by atoms with van der Waals surface area (Å²) in [5.74, 6) is 0.432. The SMILES string of the molecule is CN(C(=O)Cc1ccccc1O)C1CCC(=O)CC1. The Labute approximate surface area is 113 Å². The van der Waals surface area contributed by atoms with E-state index >= 15 is 0 Å². The van der Waals surface area contributed by atoms with Gasteiger partial charge < -0.3 is 10.0 Å². The molecule has 1 amide bonds. The van der Waals surface area contributed by atoms with E-state index in [-0.39, 0.29) is 29.9 Å². The molecule has 102 valence electrons. The third-order valence-corrected chi connectivity index (χ3v) is 3.79. The number of phenols is 1. The maximum atomic E-state index is 12.2. The maximum Gasteiger partial charge on any atom is 0.227 e. The molecule has 1 aliphatic rings. The molecule has 4 nitrogen and oxygen atoms in total. The third-order valence-electron chi connectivity index (χ3n) is 3.79. The Hall–Kier alpha value is -1.84. The van der Waals surface area contributed by atoms with Crippen LogP contribution in [-0.4, -0.2) is 34.8 Å². The zero-order valence-corrected chi connectivity index (χ0v) is 11.1. The van der Waals surface area contributed by atoms with Crippen molar-refractivity contribution in [1.29, 1.82) is 0 Å². The number of para-hydroxylation sites is 1. The van der Waals surface area contributed by atoms with Gasteiger partial charge in [-0.15, -0.1) is 0 Å². The molecule has 0 atom stereocenters. The molecule has 1 aromatic rings. The maximum absolute atomic E-state index is 12.2. The molecule has 1 saturated carbocycles. The first-order valence-electron chi connectivity index (χ1n) is 6.62. The van der Waals surface area contributed by atoms with Crippen LogP contribution in [0.25, 0.3) is 0 Å². The molecule has 0 aromatic heterocycles. The van der Waals surface area contributed by atoms with Crippen LogP contribution in [0.3, 0.4) is 0 Å². The van der Waals surface area contributed by atoms with Crippen LogP contribution in [0, 0.1) is 0 Å². The molecule has 4 heteroatoms. The minimum atomic E-state index is -0.0131. The van der Waals surface area contributed by atoms with E-state index in [2.05, 4.69) is 0 Å². The standard InChI is InChI=1S/C15H19NO3/c1-16(12-6-8-13(17)9-7-12)15(19)10-11-4-2-3-5-14(11)18/h2-5,12,18H,6-10H2,1H3. The van der Waals surface area contributed by atoms with Crippen molar-refractivity contribution in [1.82, 2.24) is 4.90 Å². The number of Topliss-reactive ketones (excluding diaryl/α,β-unsaturated/α-hetero) is 1. The molecule has 0 radical (unpaired) electrons. The number of amides is 1. The zero-order valence-electron chi connectivity index (χ0n) is 11.1. The van der Waals surface area contributed by atoms with Crippen LogP contribution in [0.1, 0.15) is 31.2 Å². The highest BCUT2D eigenvalue weighted by Crippen LogP contribution is 2.22. The summed E-state index contributed by atoms with van der Waals surface area (Å²) in [6, 6.07) is 7.03. The van der Waals surface area contributed by atoms with Crippen molar-refractivity contribution >= 4 is 11.7 Å². The Kier molecular flexibility index (Phi) is 4.20. The highest BCUT2D eigenvalue weighted by atomic mass is 16.3. The van der Waals surface area contributed by atoms with Crippen molar-refractivity contribution in [3.8, 4) is 5.75 Å². The van der Waals surface area contributed by atoms with Crippen molar-refractivity contribution in [2.45, 2.75) is 38.1 Å². The second kappa shape index (κ2) is 5.87. The molecule has 1 fully saturated rings. The predicted octanol–water partition coefficient (Wildman–Crippen LogP) is 1.90. The second-order valence-electron chi connectivity index (χ2n) is 5.08. The lowest BCUT2D eigenvalue weighted by molar-refractivity contribution is -0.133. The van der Waals surface area contributed by atoms with Gasteiger partial charge in [0.05, 0.1) is 6.42 Å². The van der Waals surface area contributed by atoms with Gasteiger partial charge in [0.15, 0.2) is 0 Å². The Morgan fingerprint density at radius 2 is 1.95 bits per heavy atom. The number of aromatic hydroxyl groups is 1. The first kappa shape index (κ1) is 13.6. The average Bonchev–Trinajstić information content (AvgIpc) is 2.41. The van der Waals surface area contributed by atoms with E-state index in [0.29, 0.717) is 18.4 Å². The van der Waals surface area contributed by atoms with Crippen LogP contribution in [0.4, 0.5) is 0 Å². The van der Waals surface area contributed by atoms with Gasteiger partial charge in [-0.25, -0.2) is 0 Å². The fourth-order valence-corrected chi connectivity index (χ4v) is 2.46. The summed E-state index contributed by atoms with van der Waals surface area (Å²) in [6.45, 7) is 0. The van der Waals surface area contributed by atoms with Gasteiger partial charge in [0.25, 0.3) is 0 Å². The van der Waals surface area contributed by atoms with Gasteiger partial charge >= 0.3 is 0 Å². The predicted molar refractivity (Wildman–Crippen MR) is 71.8 cm³/mol. The molecule has 0 aliphatic heterocycles. The van der Waals surface area contributed by atoms with Crippen molar-refractivity contribution in [2.24, 2.45) is 0 Å². The summed E-state index contributed by atoms with van der Waals surface area (Å²) in [5, 5.41) is 9.67. The van der Waals surface area contributed by atoms with Crippen LogP contribution in [0.2, 0.25) is 0 Å². The number of nitrogens with zero attached hydrogens (tertiary/aromatic N) is 1. The second-order valence-corrected chi connectivity index (χ2v) is 5.08. The van der Waals surface area contributed by atoms with Crippen molar-refractivity contribution in [2.75, 3.05) is 7.05 Å². The molecule has 0 unspecified atom stereocenters. The largest absolute Gasteiger partial charge is 0.508 e. The highest BCUT2D eigenvalue weighted by molar-refractivity contribution is 5.81. The number of ketones is 1. The van der Waals surface area contributed by atoms with Crippen molar-refractivity contribution in [3.05, 3.63) is 29.8 Å². The fourth-order valence-electron chi connectivity index (χ4n) is 2.46. The Bertz CT molecular complexity index is 474. The summed E-state index contributed by atoms with van der Waals surface area (Å²) in [4.78, 5) is 25.1. The fraction of sp³-hybridized carbons (Fsp3) is 0.467. The number of rotatable bonds is 3. The van der Waals surface area contributed by atoms with Gasteiger partial charge in [-0.1, -0.05) is 18.2 Å². The van der Waals surface area contributed by atoms with Gasteiger partial charge in [0.1, 0.15) is 11.5 Å². The van der Waals surface area contributed by atoms with E-state index in [1.807, 2.05) is 6.07 Å². The van der Waals surface area contributed by atoms with Crippen LogP contribution < -0.4 is 0 Å². The lowest BCUT2D eigenvalue weighted by Crippen LogP contribution is -2.40. The number of phenolic OH excluding ortho intramolecular Hbond substituents is 1. The van der Waals surface area contributed by atoms with Crippen molar-refractivity contribution in [3.63, 3.8) is 0 Å². The lowest BCUT2D eigenvalue weighted by Gasteiger charge is -2.30. The molecule has 0 saturated heterocycles. The van der Waals surface area contributed by atoms with E-state index in [0.717, 1.165) is 12.8 Å². The third kappa shape index (κ3) is 3.34. The summed E-state index contributed by atoms with van der Waals surface area (Å²) >= 11 is 0. The number of benzene rings is 1. The van der Waals surface area contributed by atoms with E-state index in [4.69, 9.17) is 0 Å². The molecular formula is C15H19NO3. The van der Waals surface area contributed by atoms with E-state index in [9.17, 15) is 14.7 Å². The molecule has 1 aliphatic carbocycles. The number of hydrogen-bond donors (Lipinski definition) is 1. The summed E-state index contributed by atoms with van der Waals surface area (Å²) in [6.07, 6.45) is 2.84. The van der Waals surface area contributed by atoms with Gasteiger partial charge in [-0.3, -0.25) is 9.59 Å². The molecule has 0 spiro atoms. The minimum absolute atomic E-state index is 0.0131. The first-order chi connectivity index (χ1) is 9.08. The molecule has 0 heterocycles. The summed E-state index contributed by atoms with van der Waals surface area (Å²) < 4.78 is 0. The van der Waals surface area contributed by atoms with Crippen LogP contribution in [-0.2, 0) is 16.0 Å². The van der Waals surface area contributed by atoms with Gasteiger partial charge in [-0.05, 0) is 18.9 Å². The van der Waals surface area contributed by atoms with Crippen LogP contribution in [0.5, 0.6) is 5.75 Å². The first-order valence-corrected chi connectivity index (χ1v) is 6.62.